The largest absolute Gasteiger partial charge is 0.454 e. The Labute approximate surface area is 104 Å². The van der Waals surface area contributed by atoms with Crippen LogP contribution in [0.4, 0.5) is 0 Å². The van der Waals surface area contributed by atoms with Gasteiger partial charge in [-0.1, -0.05) is 19.1 Å². The number of imidazole rings is 1. The third-order valence-corrected chi connectivity index (χ3v) is 2.59. The minimum atomic E-state index is -0.445. The highest BCUT2D eigenvalue weighted by atomic mass is 16.5. The van der Waals surface area contributed by atoms with E-state index in [2.05, 4.69) is 9.97 Å². The van der Waals surface area contributed by atoms with Crippen LogP contribution in [-0.4, -0.2) is 15.9 Å². The Morgan fingerprint density at radius 3 is 2.83 bits per heavy atom. The van der Waals surface area contributed by atoms with Crippen molar-refractivity contribution in [3.8, 4) is 0 Å². The average molecular weight is 246 g/mol. The fourth-order valence-electron chi connectivity index (χ4n) is 1.77. The first-order valence-corrected chi connectivity index (χ1v) is 5.78. The number of nitrogens with one attached hydrogen (secondary N) is 1. The number of hydrogen-bond donors (Lipinski definition) is 1. The molecule has 0 fully saturated rings. The van der Waals surface area contributed by atoms with E-state index in [-0.39, 0.29) is 11.4 Å². The van der Waals surface area contributed by atoms with Gasteiger partial charge < -0.3 is 9.72 Å². The smallest absolute Gasteiger partial charge is 0.303 e. The third kappa shape index (κ3) is 2.40. The Kier molecular flexibility index (Phi) is 3.41. The van der Waals surface area contributed by atoms with Crippen molar-refractivity contribution in [2.45, 2.75) is 26.4 Å². The Hall–Kier alpha value is -2.17. The summed E-state index contributed by atoms with van der Waals surface area (Å²) in [6, 6.07) is 6.66. The Morgan fingerprint density at radius 2 is 2.17 bits per heavy atom. The van der Waals surface area contributed by atoms with E-state index in [1.165, 1.54) is 13.0 Å². The molecule has 0 aliphatic carbocycles. The van der Waals surface area contributed by atoms with E-state index >= 15 is 0 Å². The number of hydrogen-bond acceptors (Lipinski definition) is 4. The van der Waals surface area contributed by atoms with Gasteiger partial charge in [-0.2, -0.15) is 0 Å². The summed E-state index contributed by atoms with van der Waals surface area (Å²) in [4.78, 5) is 30.0. The summed E-state index contributed by atoms with van der Waals surface area (Å²) in [6.45, 7) is 3.24. The monoisotopic (exact) mass is 246 g/mol. The quantitative estimate of drug-likeness (QED) is 0.840. The molecule has 5 nitrogen and oxygen atoms in total. The topological polar surface area (TPSA) is 72.0 Å². The Morgan fingerprint density at radius 1 is 1.44 bits per heavy atom. The van der Waals surface area contributed by atoms with Gasteiger partial charge in [0.05, 0.1) is 5.52 Å². The molecule has 0 saturated heterocycles. The molecule has 0 aliphatic rings. The molecule has 0 saturated carbocycles. The van der Waals surface area contributed by atoms with Crippen LogP contribution in [0.3, 0.4) is 0 Å². The SMILES string of the molecule is CCC(OC(C)=O)c1nc2c(=O)ccccc2[nH]1. The number of carbonyl (C=O) groups is 1. The third-order valence-electron chi connectivity index (χ3n) is 2.59. The van der Waals surface area contributed by atoms with E-state index in [4.69, 9.17) is 4.74 Å². The first-order chi connectivity index (χ1) is 8.61. The second kappa shape index (κ2) is 5.00. The molecule has 0 radical (unpaired) electrons. The van der Waals surface area contributed by atoms with Crippen LogP contribution < -0.4 is 5.43 Å². The predicted octanol–water partition coefficient (Wildman–Crippen LogP) is 1.94. The first kappa shape index (κ1) is 12.3. The fraction of sp³-hybridized carbons (Fsp3) is 0.308. The molecule has 5 heteroatoms. The van der Waals surface area contributed by atoms with Gasteiger partial charge in [0.1, 0.15) is 11.3 Å². The lowest BCUT2D eigenvalue weighted by molar-refractivity contribution is -0.147. The molecule has 0 amide bonds. The number of carbonyl (C=O) groups excluding carboxylic acids is 1. The second-order valence-corrected chi connectivity index (χ2v) is 3.97. The molecule has 18 heavy (non-hydrogen) atoms. The first-order valence-electron chi connectivity index (χ1n) is 5.78. The summed E-state index contributed by atoms with van der Waals surface area (Å²) in [5.41, 5.74) is 0.849. The maximum absolute atomic E-state index is 11.7. The normalized spacial score (nSPS) is 12.3. The van der Waals surface area contributed by atoms with Crippen molar-refractivity contribution in [1.29, 1.82) is 0 Å². The molecule has 94 valence electrons. The van der Waals surface area contributed by atoms with E-state index in [0.717, 1.165) is 0 Å². The Balaban J connectivity index is 2.50. The molecular weight excluding hydrogens is 232 g/mol. The highest BCUT2D eigenvalue weighted by molar-refractivity contribution is 5.74. The molecule has 1 atom stereocenters. The number of aromatic amines is 1. The van der Waals surface area contributed by atoms with Crippen LogP contribution >= 0.6 is 0 Å². The summed E-state index contributed by atoms with van der Waals surface area (Å²) in [7, 11) is 0. The predicted molar refractivity (Wildman–Crippen MR) is 67.2 cm³/mol. The van der Waals surface area contributed by atoms with Gasteiger partial charge in [0.25, 0.3) is 0 Å². The lowest BCUT2D eigenvalue weighted by Gasteiger charge is -2.11. The van der Waals surface area contributed by atoms with E-state index in [1.54, 1.807) is 18.2 Å². The number of aromatic nitrogens is 2. The highest BCUT2D eigenvalue weighted by Gasteiger charge is 2.17. The van der Waals surface area contributed by atoms with E-state index in [0.29, 0.717) is 23.3 Å². The van der Waals surface area contributed by atoms with Crippen molar-refractivity contribution in [3.05, 3.63) is 40.3 Å². The zero-order valence-electron chi connectivity index (χ0n) is 10.3. The van der Waals surface area contributed by atoms with Gasteiger partial charge in [-0.3, -0.25) is 9.59 Å². The minimum Gasteiger partial charge on any atom is -0.454 e. The van der Waals surface area contributed by atoms with Gasteiger partial charge in [0, 0.05) is 6.92 Å². The summed E-state index contributed by atoms with van der Waals surface area (Å²) in [5.74, 6) is 0.140. The van der Waals surface area contributed by atoms with Crippen molar-refractivity contribution in [1.82, 2.24) is 9.97 Å². The van der Waals surface area contributed by atoms with Crippen molar-refractivity contribution in [2.24, 2.45) is 0 Å². The molecule has 0 bridgehead atoms. The van der Waals surface area contributed by atoms with Crippen molar-refractivity contribution < 1.29 is 9.53 Å². The van der Waals surface area contributed by atoms with Crippen LogP contribution in [0.15, 0.2) is 29.1 Å². The van der Waals surface area contributed by atoms with Gasteiger partial charge in [-0.15, -0.1) is 0 Å². The molecule has 1 N–H and O–H groups in total. The molecular formula is C13H14N2O3. The molecule has 2 rings (SSSR count). The van der Waals surface area contributed by atoms with Crippen LogP contribution in [0, 0.1) is 0 Å². The molecule has 2 aromatic rings. The number of esters is 1. The van der Waals surface area contributed by atoms with Crippen molar-refractivity contribution in [3.63, 3.8) is 0 Å². The Bertz CT molecular complexity index is 633. The van der Waals surface area contributed by atoms with Gasteiger partial charge in [-0.05, 0) is 18.6 Å². The number of H-pyrrole nitrogens is 1. The maximum atomic E-state index is 11.7. The van der Waals surface area contributed by atoms with Crippen molar-refractivity contribution in [2.75, 3.05) is 0 Å². The van der Waals surface area contributed by atoms with E-state index in [1.807, 2.05) is 6.92 Å². The van der Waals surface area contributed by atoms with Crippen LogP contribution in [0.25, 0.3) is 11.0 Å². The second-order valence-electron chi connectivity index (χ2n) is 3.97. The summed E-state index contributed by atoms with van der Waals surface area (Å²) in [5, 5.41) is 0. The minimum absolute atomic E-state index is 0.157. The van der Waals surface area contributed by atoms with Crippen LogP contribution in [0.2, 0.25) is 0 Å². The van der Waals surface area contributed by atoms with Crippen molar-refractivity contribution >= 4 is 17.0 Å². The molecule has 1 unspecified atom stereocenters. The number of rotatable bonds is 3. The standard InChI is InChI=1S/C13H14N2O3/c1-3-11(18-8(2)16)13-14-9-6-4-5-7-10(17)12(9)15-13/h4-7,11H,3H2,1-2H3,(H,14,15). The van der Waals surface area contributed by atoms with Crippen LogP contribution in [0.5, 0.6) is 0 Å². The fourth-order valence-corrected chi connectivity index (χ4v) is 1.77. The van der Waals surface area contributed by atoms with Gasteiger partial charge >= 0.3 is 5.97 Å². The molecule has 1 aromatic carbocycles. The lowest BCUT2D eigenvalue weighted by Crippen LogP contribution is -2.09. The number of nitrogens with zero attached hydrogens (tertiary/aromatic N) is 1. The number of ether oxygens (including phenoxy) is 1. The number of fused-ring (bicyclic) bond motifs is 1. The molecule has 1 aromatic heterocycles. The average Bonchev–Trinajstić information content (AvgIpc) is 2.68. The van der Waals surface area contributed by atoms with Gasteiger partial charge in [0.15, 0.2) is 6.10 Å². The highest BCUT2D eigenvalue weighted by Crippen LogP contribution is 2.20. The van der Waals surface area contributed by atoms with E-state index < -0.39 is 6.10 Å². The van der Waals surface area contributed by atoms with Crippen LogP contribution in [0.1, 0.15) is 32.2 Å². The summed E-state index contributed by atoms with van der Waals surface area (Å²) < 4.78 is 5.14. The van der Waals surface area contributed by atoms with Gasteiger partial charge in [-0.25, -0.2) is 4.98 Å². The summed E-state index contributed by atoms with van der Waals surface area (Å²) >= 11 is 0. The zero-order valence-corrected chi connectivity index (χ0v) is 10.3. The molecule has 1 heterocycles. The van der Waals surface area contributed by atoms with Gasteiger partial charge in [0.2, 0.25) is 5.43 Å². The molecule has 0 spiro atoms. The summed E-state index contributed by atoms with van der Waals surface area (Å²) in [6.07, 6.45) is 0.152. The van der Waals surface area contributed by atoms with E-state index in [9.17, 15) is 9.59 Å². The zero-order chi connectivity index (χ0) is 13.1. The maximum Gasteiger partial charge on any atom is 0.303 e. The lowest BCUT2D eigenvalue weighted by atomic mass is 10.2. The molecule has 0 aliphatic heterocycles. The van der Waals surface area contributed by atoms with Crippen LogP contribution in [-0.2, 0) is 9.53 Å².